The van der Waals surface area contributed by atoms with Gasteiger partial charge in [0.05, 0.1) is 11.6 Å². The summed E-state index contributed by atoms with van der Waals surface area (Å²) >= 11 is 0. The zero-order valence-corrected chi connectivity index (χ0v) is 6.27. The number of rotatable bonds is 1. The summed E-state index contributed by atoms with van der Waals surface area (Å²) in [7, 11) is 0. The quantitative estimate of drug-likeness (QED) is 0.526. The molecule has 1 aliphatic heterocycles. The minimum atomic E-state index is 0.204. The van der Waals surface area contributed by atoms with Crippen LogP contribution in [0.15, 0.2) is 34.2 Å². The monoisotopic (exact) mass is 158 g/mol. The lowest BCUT2D eigenvalue weighted by molar-refractivity contribution is 0.403. The standard InChI is InChI=1S/C9H6N2O/c1-2-12-8-4-3-7-6-10-11-9(7)5-8/h1,3-7H/t7-/m0/s1. The lowest BCUT2D eigenvalue weighted by atomic mass is 10.00. The first-order valence-electron chi connectivity index (χ1n) is 3.53. The molecule has 0 fully saturated rings. The number of nitrogens with zero attached hydrogens (tertiary/aromatic N) is 2. The van der Waals surface area contributed by atoms with Gasteiger partial charge in [-0.25, -0.2) is 0 Å². The van der Waals surface area contributed by atoms with Crippen molar-refractivity contribution in [2.24, 2.45) is 16.1 Å². The number of terminal acetylenes is 1. The maximum absolute atomic E-state index is 4.98. The number of hydrogen-bond acceptors (Lipinski definition) is 3. The molecule has 0 unspecified atom stereocenters. The van der Waals surface area contributed by atoms with Crippen LogP contribution in [0.4, 0.5) is 0 Å². The minimum Gasteiger partial charge on any atom is -0.408 e. The third kappa shape index (κ3) is 1.04. The predicted octanol–water partition coefficient (Wildman–Crippen LogP) is 1.10. The van der Waals surface area contributed by atoms with Crippen molar-refractivity contribution >= 4 is 11.9 Å². The van der Waals surface area contributed by atoms with Crippen LogP contribution in [0.5, 0.6) is 0 Å². The van der Waals surface area contributed by atoms with Gasteiger partial charge in [-0.15, -0.1) is 0 Å². The second-order valence-corrected chi connectivity index (χ2v) is 2.44. The highest BCUT2D eigenvalue weighted by atomic mass is 16.5. The molecule has 0 saturated heterocycles. The second kappa shape index (κ2) is 2.67. The molecule has 0 aromatic heterocycles. The van der Waals surface area contributed by atoms with E-state index in [1.807, 2.05) is 12.2 Å². The first-order valence-corrected chi connectivity index (χ1v) is 3.53. The summed E-state index contributed by atoms with van der Waals surface area (Å²) in [5, 5.41) is 7.68. The van der Waals surface area contributed by atoms with Crippen LogP contribution in [0.1, 0.15) is 0 Å². The Labute approximate surface area is 70.1 Å². The summed E-state index contributed by atoms with van der Waals surface area (Å²) in [6, 6.07) is 0. The highest BCUT2D eigenvalue weighted by Gasteiger charge is 2.17. The first-order chi connectivity index (χ1) is 5.90. The van der Waals surface area contributed by atoms with Crippen LogP contribution in [0, 0.1) is 18.4 Å². The van der Waals surface area contributed by atoms with Gasteiger partial charge in [0.25, 0.3) is 0 Å². The van der Waals surface area contributed by atoms with Gasteiger partial charge in [0.1, 0.15) is 11.9 Å². The summed E-state index contributed by atoms with van der Waals surface area (Å²) < 4.78 is 4.86. The molecule has 2 aliphatic rings. The highest BCUT2D eigenvalue weighted by Crippen LogP contribution is 2.17. The first kappa shape index (κ1) is 6.86. The Kier molecular flexibility index (Phi) is 1.52. The summed E-state index contributed by atoms with van der Waals surface area (Å²) in [5.41, 5.74) is 0.878. The van der Waals surface area contributed by atoms with E-state index < -0.39 is 0 Å². The van der Waals surface area contributed by atoms with Crippen LogP contribution in [-0.2, 0) is 4.74 Å². The molecule has 0 spiro atoms. The smallest absolute Gasteiger partial charge is 0.141 e. The second-order valence-electron chi connectivity index (χ2n) is 2.44. The van der Waals surface area contributed by atoms with Gasteiger partial charge >= 0.3 is 0 Å². The van der Waals surface area contributed by atoms with E-state index in [2.05, 4.69) is 16.3 Å². The normalized spacial score (nSPS) is 24.1. The number of fused-ring (bicyclic) bond motifs is 1. The van der Waals surface area contributed by atoms with Crippen LogP contribution in [-0.4, -0.2) is 11.9 Å². The molecule has 0 amide bonds. The SMILES string of the molecule is C#COC1=CC2=NN=C[C@@H]2C=C1. The van der Waals surface area contributed by atoms with Crippen molar-refractivity contribution in [3.8, 4) is 12.5 Å². The van der Waals surface area contributed by atoms with Crippen molar-refractivity contribution in [2.75, 3.05) is 0 Å². The van der Waals surface area contributed by atoms with E-state index in [1.165, 1.54) is 0 Å². The van der Waals surface area contributed by atoms with Crippen molar-refractivity contribution in [3.05, 3.63) is 24.0 Å². The lowest BCUT2D eigenvalue weighted by Gasteiger charge is -2.07. The molecule has 1 atom stereocenters. The van der Waals surface area contributed by atoms with Gasteiger partial charge in [-0.2, -0.15) is 10.2 Å². The van der Waals surface area contributed by atoms with Crippen molar-refractivity contribution in [2.45, 2.75) is 0 Å². The van der Waals surface area contributed by atoms with Crippen molar-refractivity contribution in [3.63, 3.8) is 0 Å². The average molecular weight is 158 g/mol. The summed E-state index contributed by atoms with van der Waals surface area (Å²) in [5.74, 6) is 0.841. The van der Waals surface area contributed by atoms with E-state index in [0.717, 1.165) is 5.71 Å². The van der Waals surface area contributed by atoms with Gasteiger partial charge in [0.15, 0.2) is 0 Å². The molecule has 0 radical (unpaired) electrons. The zero-order valence-electron chi connectivity index (χ0n) is 6.27. The molecule has 1 heterocycles. The maximum Gasteiger partial charge on any atom is 0.141 e. The molecule has 0 aromatic carbocycles. The third-order valence-electron chi connectivity index (χ3n) is 1.68. The molecule has 12 heavy (non-hydrogen) atoms. The van der Waals surface area contributed by atoms with E-state index in [1.54, 1.807) is 12.3 Å². The molecule has 0 aromatic rings. The molecular weight excluding hydrogens is 152 g/mol. The van der Waals surface area contributed by atoms with Gasteiger partial charge in [0, 0.05) is 12.3 Å². The van der Waals surface area contributed by atoms with Crippen LogP contribution in [0.25, 0.3) is 0 Å². The van der Waals surface area contributed by atoms with Gasteiger partial charge < -0.3 is 4.74 Å². The fourth-order valence-corrected chi connectivity index (χ4v) is 1.11. The van der Waals surface area contributed by atoms with E-state index in [-0.39, 0.29) is 5.92 Å². The van der Waals surface area contributed by atoms with Crippen LogP contribution in [0.3, 0.4) is 0 Å². The molecule has 2 rings (SSSR count). The average Bonchev–Trinajstić information content (AvgIpc) is 2.51. The van der Waals surface area contributed by atoms with Crippen molar-refractivity contribution in [1.82, 2.24) is 0 Å². The summed E-state index contributed by atoms with van der Waals surface area (Å²) in [6.07, 6.45) is 14.4. The van der Waals surface area contributed by atoms with E-state index in [4.69, 9.17) is 11.2 Å². The molecule has 0 bridgehead atoms. The molecule has 0 saturated carbocycles. The summed E-state index contributed by atoms with van der Waals surface area (Å²) in [6.45, 7) is 0. The lowest BCUT2D eigenvalue weighted by Crippen LogP contribution is -2.11. The van der Waals surface area contributed by atoms with Crippen LogP contribution in [0.2, 0.25) is 0 Å². The van der Waals surface area contributed by atoms with Crippen molar-refractivity contribution in [1.29, 1.82) is 0 Å². The van der Waals surface area contributed by atoms with Gasteiger partial charge in [-0.1, -0.05) is 12.5 Å². The van der Waals surface area contributed by atoms with Gasteiger partial charge in [-0.05, 0) is 6.08 Å². The Morgan fingerprint density at radius 2 is 2.50 bits per heavy atom. The number of hydrogen-bond donors (Lipinski definition) is 0. The fraction of sp³-hybridized carbons (Fsp3) is 0.111. The van der Waals surface area contributed by atoms with Crippen molar-refractivity contribution < 1.29 is 4.74 Å². The Bertz CT molecular complexity index is 355. The Balaban J connectivity index is 2.24. The number of ether oxygens (including phenoxy) is 1. The van der Waals surface area contributed by atoms with E-state index >= 15 is 0 Å². The minimum absolute atomic E-state index is 0.204. The van der Waals surface area contributed by atoms with Crippen LogP contribution < -0.4 is 0 Å². The topological polar surface area (TPSA) is 34.0 Å². The molecule has 58 valence electrons. The fourth-order valence-electron chi connectivity index (χ4n) is 1.11. The molecule has 1 aliphatic carbocycles. The van der Waals surface area contributed by atoms with Crippen LogP contribution >= 0.6 is 0 Å². The van der Waals surface area contributed by atoms with E-state index in [9.17, 15) is 0 Å². The maximum atomic E-state index is 4.98. The molecule has 3 nitrogen and oxygen atoms in total. The highest BCUT2D eigenvalue weighted by molar-refractivity contribution is 6.10. The third-order valence-corrected chi connectivity index (χ3v) is 1.68. The Morgan fingerprint density at radius 1 is 1.58 bits per heavy atom. The van der Waals surface area contributed by atoms with E-state index in [0.29, 0.717) is 5.76 Å². The molecule has 3 heteroatoms. The largest absolute Gasteiger partial charge is 0.408 e. The number of allylic oxidation sites excluding steroid dienone is 3. The Morgan fingerprint density at radius 3 is 3.33 bits per heavy atom. The zero-order chi connectivity index (χ0) is 8.39. The molecule has 0 N–H and O–H groups in total. The Hall–Kier alpha value is -1.82. The van der Waals surface area contributed by atoms with Gasteiger partial charge in [0.2, 0.25) is 0 Å². The molecular formula is C9H6N2O. The van der Waals surface area contributed by atoms with Gasteiger partial charge in [-0.3, -0.25) is 0 Å². The predicted molar refractivity (Wildman–Crippen MR) is 46.6 cm³/mol. The summed E-state index contributed by atoms with van der Waals surface area (Å²) in [4.78, 5) is 0.